The van der Waals surface area contributed by atoms with Gasteiger partial charge in [0.05, 0.1) is 0 Å². The Morgan fingerprint density at radius 3 is 2.80 bits per heavy atom. The van der Waals surface area contributed by atoms with E-state index < -0.39 is 0 Å². The number of hydrogen-bond donors (Lipinski definition) is 1. The summed E-state index contributed by atoms with van der Waals surface area (Å²) in [6.45, 7) is 5.72. The van der Waals surface area contributed by atoms with Gasteiger partial charge in [0.1, 0.15) is 0 Å². The molecule has 1 aliphatic rings. The first-order valence-electron chi connectivity index (χ1n) is 7.59. The molecule has 1 aliphatic carbocycles. The molecular weight excluding hydrogens is 252 g/mol. The molecule has 0 aromatic carbocycles. The first-order valence-corrected chi connectivity index (χ1v) is 7.59. The highest BCUT2D eigenvalue weighted by Crippen LogP contribution is 2.27. The summed E-state index contributed by atoms with van der Waals surface area (Å²) < 4.78 is 1.85. The van der Waals surface area contributed by atoms with E-state index in [1.165, 1.54) is 19.3 Å². The Bertz CT molecular complexity index is 437. The van der Waals surface area contributed by atoms with E-state index in [0.29, 0.717) is 12.5 Å². The molecule has 0 radical (unpaired) electrons. The number of carbonyl (C=O) groups is 1. The molecule has 1 N–H and O–H groups in total. The maximum Gasteiger partial charge on any atom is 0.317 e. The van der Waals surface area contributed by atoms with E-state index in [1.54, 1.807) is 6.20 Å². The normalized spacial score (nSPS) is 15.2. The number of urea groups is 1. The molecule has 112 valence electrons. The lowest BCUT2D eigenvalue weighted by Gasteiger charge is -2.34. The van der Waals surface area contributed by atoms with Crippen molar-refractivity contribution >= 4 is 6.03 Å². The molecule has 0 bridgehead atoms. The molecular formula is C15H26N4O. The van der Waals surface area contributed by atoms with Gasteiger partial charge in [0, 0.05) is 44.5 Å². The number of nitrogens with one attached hydrogen (secondary N) is 1. The van der Waals surface area contributed by atoms with E-state index in [9.17, 15) is 4.79 Å². The molecule has 0 atom stereocenters. The number of rotatable bonds is 6. The lowest BCUT2D eigenvalue weighted by molar-refractivity contribution is 0.150. The van der Waals surface area contributed by atoms with Crippen LogP contribution in [0.15, 0.2) is 12.3 Å². The van der Waals surface area contributed by atoms with E-state index in [1.807, 2.05) is 22.7 Å². The minimum absolute atomic E-state index is 0.0640. The number of aryl methyl sites for hydroxylation is 1. The maximum absolute atomic E-state index is 12.3. The first-order chi connectivity index (χ1) is 9.58. The third-order valence-corrected chi connectivity index (χ3v) is 4.14. The van der Waals surface area contributed by atoms with Crippen molar-refractivity contribution in [3.63, 3.8) is 0 Å². The monoisotopic (exact) mass is 278 g/mol. The van der Waals surface area contributed by atoms with Crippen molar-refractivity contribution in [1.82, 2.24) is 20.0 Å². The van der Waals surface area contributed by atoms with Crippen LogP contribution in [0.25, 0.3) is 0 Å². The van der Waals surface area contributed by atoms with Crippen LogP contribution in [0.2, 0.25) is 0 Å². The van der Waals surface area contributed by atoms with Gasteiger partial charge in [-0.1, -0.05) is 6.42 Å². The van der Waals surface area contributed by atoms with Gasteiger partial charge in [-0.3, -0.25) is 4.68 Å². The zero-order valence-electron chi connectivity index (χ0n) is 12.8. The summed E-state index contributed by atoms with van der Waals surface area (Å²) in [7, 11) is 1.92. The van der Waals surface area contributed by atoms with Gasteiger partial charge in [0.2, 0.25) is 0 Å². The lowest BCUT2D eigenvalue weighted by atomic mass is 9.85. The predicted octanol–water partition coefficient (Wildman–Crippen LogP) is 2.18. The molecule has 1 saturated carbocycles. The number of nitrogens with zero attached hydrogens (tertiary/aromatic N) is 3. The number of amides is 2. The second-order valence-corrected chi connectivity index (χ2v) is 5.97. The molecule has 1 aromatic heterocycles. The minimum Gasteiger partial charge on any atom is -0.338 e. The van der Waals surface area contributed by atoms with Crippen molar-refractivity contribution < 1.29 is 4.79 Å². The van der Waals surface area contributed by atoms with Gasteiger partial charge in [-0.15, -0.1) is 0 Å². The third-order valence-electron chi connectivity index (χ3n) is 4.14. The molecule has 5 nitrogen and oxygen atoms in total. The van der Waals surface area contributed by atoms with Crippen molar-refractivity contribution in [2.24, 2.45) is 13.0 Å². The fourth-order valence-electron chi connectivity index (χ4n) is 2.53. The van der Waals surface area contributed by atoms with E-state index in [-0.39, 0.29) is 12.1 Å². The van der Waals surface area contributed by atoms with E-state index in [2.05, 4.69) is 24.3 Å². The third kappa shape index (κ3) is 3.74. The smallest absolute Gasteiger partial charge is 0.317 e. The van der Waals surface area contributed by atoms with Crippen LogP contribution < -0.4 is 5.32 Å². The molecule has 0 unspecified atom stereocenters. The number of aromatic nitrogens is 2. The van der Waals surface area contributed by atoms with Gasteiger partial charge >= 0.3 is 6.03 Å². The Labute approximate surface area is 121 Å². The van der Waals surface area contributed by atoms with Gasteiger partial charge < -0.3 is 10.2 Å². The van der Waals surface area contributed by atoms with Crippen molar-refractivity contribution in [2.45, 2.75) is 45.6 Å². The Balaban J connectivity index is 1.77. The second kappa shape index (κ2) is 6.77. The SMILES string of the molecule is CC(C)N(CC1CCC1)C(=O)NCCc1ccnn1C. The number of carbonyl (C=O) groups excluding carboxylic acids is 1. The summed E-state index contributed by atoms with van der Waals surface area (Å²) in [6.07, 6.45) is 6.46. The highest BCUT2D eigenvalue weighted by molar-refractivity contribution is 5.74. The zero-order chi connectivity index (χ0) is 14.5. The summed E-state index contributed by atoms with van der Waals surface area (Å²) >= 11 is 0. The molecule has 1 fully saturated rings. The molecule has 2 amide bonds. The topological polar surface area (TPSA) is 50.2 Å². The van der Waals surface area contributed by atoms with E-state index >= 15 is 0 Å². The Kier molecular flexibility index (Phi) is 5.04. The molecule has 20 heavy (non-hydrogen) atoms. The first kappa shape index (κ1) is 14.9. The van der Waals surface area contributed by atoms with Gasteiger partial charge in [0.25, 0.3) is 0 Å². The van der Waals surface area contributed by atoms with E-state index in [4.69, 9.17) is 0 Å². The Morgan fingerprint density at radius 2 is 2.30 bits per heavy atom. The fraction of sp³-hybridized carbons (Fsp3) is 0.733. The van der Waals surface area contributed by atoms with Crippen LogP contribution in [0.1, 0.15) is 38.8 Å². The molecule has 0 saturated heterocycles. The zero-order valence-corrected chi connectivity index (χ0v) is 12.8. The predicted molar refractivity (Wildman–Crippen MR) is 79.5 cm³/mol. The number of hydrogen-bond acceptors (Lipinski definition) is 2. The maximum atomic E-state index is 12.3. The van der Waals surface area contributed by atoms with Crippen molar-refractivity contribution in [2.75, 3.05) is 13.1 Å². The summed E-state index contributed by atoms with van der Waals surface area (Å²) in [5.74, 6) is 0.709. The molecule has 0 spiro atoms. The molecule has 2 rings (SSSR count). The Hall–Kier alpha value is -1.52. The van der Waals surface area contributed by atoms with Crippen LogP contribution >= 0.6 is 0 Å². The quantitative estimate of drug-likeness (QED) is 0.867. The largest absolute Gasteiger partial charge is 0.338 e. The van der Waals surface area contributed by atoms with Crippen molar-refractivity contribution in [3.05, 3.63) is 18.0 Å². The highest BCUT2D eigenvalue weighted by atomic mass is 16.2. The molecule has 5 heteroatoms. The lowest BCUT2D eigenvalue weighted by Crippen LogP contribution is -2.47. The fourth-order valence-corrected chi connectivity index (χ4v) is 2.53. The standard InChI is InChI=1S/C15H26N4O/c1-12(2)19(11-13-5-4-6-13)15(20)16-9-7-14-8-10-17-18(14)3/h8,10,12-13H,4-7,9,11H2,1-3H3,(H,16,20). The minimum atomic E-state index is 0.0640. The molecule has 0 aliphatic heterocycles. The summed E-state index contributed by atoms with van der Waals surface area (Å²) in [5.41, 5.74) is 1.14. The van der Waals surface area contributed by atoms with Crippen LogP contribution in [-0.4, -0.2) is 39.8 Å². The van der Waals surface area contributed by atoms with Crippen LogP contribution in [0, 0.1) is 5.92 Å². The Morgan fingerprint density at radius 1 is 1.55 bits per heavy atom. The van der Waals surface area contributed by atoms with Crippen LogP contribution in [0.5, 0.6) is 0 Å². The van der Waals surface area contributed by atoms with Crippen molar-refractivity contribution in [3.8, 4) is 0 Å². The second-order valence-electron chi connectivity index (χ2n) is 5.97. The average molecular weight is 278 g/mol. The van der Waals surface area contributed by atoms with Crippen molar-refractivity contribution in [1.29, 1.82) is 0 Å². The van der Waals surface area contributed by atoms with Crippen LogP contribution in [0.3, 0.4) is 0 Å². The summed E-state index contributed by atoms with van der Waals surface area (Å²) in [4.78, 5) is 14.2. The summed E-state index contributed by atoms with van der Waals surface area (Å²) in [6, 6.07) is 2.31. The van der Waals surface area contributed by atoms with Crippen LogP contribution in [0.4, 0.5) is 4.79 Å². The van der Waals surface area contributed by atoms with E-state index in [0.717, 1.165) is 18.7 Å². The average Bonchev–Trinajstić information content (AvgIpc) is 2.73. The summed E-state index contributed by atoms with van der Waals surface area (Å²) in [5, 5.41) is 7.16. The highest BCUT2D eigenvalue weighted by Gasteiger charge is 2.25. The van der Waals surface area contributed by atoms with Gasteiger partial charge in [-0.25, -0.2) is 4.79 Å². The molecule has 1 aromatic rings. The van der Waals surface area contributed by atoms with Crippen LogP contribution in [-0.2, 0) is 13.5 Å². The van der Waals surface area contributed by atoms with Gasteiger partial charge in [0.15, 0.2) is 0 Å². The molecule has 1 heterocycles. The van der Waals surface area contributed by atoms with Gasteiger partial charge in [-0.2, -0.15) is 5.10 Å². The van der Waals surface area contributed by atoms with Gasteiger partial charge in [-0.05, 0) is 38.7 Å².